The molecule has 0 heterocycles. The molecular formula is C15H21ClO2. The minimum absolute atomic E-state index is 0.324. The quantitative estimate of drug-likeness (QED) is 0.669. The SMILES string of the molecule is CCCCC(CC)COC(=O)c1ccccc1Cl. The van der Waals surface area contributed by atoms with Crippen LogP contribution in [-0.4, -0.2) is 12.6 Å². The van der Waals surface area contributed by atoms with Gasteiger partial charge >= 0.3 is 5.97 Å². The molecule has 0 aliphatic carbocycles. The van der Waals surface area contributed by atoms with Gasteiger partial charge in [0.05, 0.1) is 17.2 Å². The number of rotatable bonds is 7. The first-order valence-electron chi connectivity index (χ1n) is 6.60. The van der Waals surface area contributed by atoms with Gasteiger partial charge in [-0.3, -0.25) is 0 Å². The molecule has 0 aromatic heterocycles. The lowest BCUT2D eigenvalue weighted by Crippen LogP contribution is -2.14. The second-order valence-electron chi connectivity index (χ2n) is 4.49. The second kappa shape index (κ2) is 8.15. The Morgan fingerprint density at radius 2 is 2.06 bits per heavy atom. The summed E-state index contributed by atoms with van der Waals surface area (Å²) in [5, 5.41) is 0.448. The van der Waals surface area contributed by atoms with Gasteiger partial charge < -0.3 is 4.74 Å². The predicted octanol–water partition coefficient (Wildman–Crippen LogP) is 4.71. The van der Waals surface area contributed by atoms with Crippen LogP contribution in [0.25, 0.3) is 0 Å². The molecule has 0 radical (unpaired) electrons. The van der Waals surface area contributed by atoms with E-state index in [0.29, 0.717) is 23.1 Å². The predicted molar refractivity (Wildman–Crippen MR) is 75.0 cm³/mol. The Balaban J connectivity index is 2.47. The van der Waals surface area contributed by atoms with Crippen LogP contribution >= 0.6 is 11.6 Å². The maximum Gasteiger partial charge on any atom is 0.339 e. The number of benzene rings is 1. The number of carbonyl (C=O) groups is 1. The summed E-state index contributed by atoms with van der Waals surface area (Å²) < 4.78 is 5.34. The first-order chi connectivity index (χ1) is 8.69. The normalized spacial score (nSPS) is 12.2. The number of hydrogen-bond donors (Lipinski definition) is 0. The number of hydrogen-bond acceptors (Lipinski definition) is 2. The Hall–Kier alpha value is -1.02. The van der Waals surface area contributed by atoms with Gasteiger partial charge in [0.1, 0.15) is 0 Å². The maximum absolute atomic E-state index is 11.9. The minimum Gasteiger partial charge on any atom is -0.462 e. The molecule has 1 aromatic rings. The maximum atomic E-state index is 11.9. The van der Waals surface area contributed by atoms with Crippen LogP contribution in [-0.2, 0) is 4.74 Å². The van der Waals surface area contributed by atoms with Gasteiger partial charge in [0.25, 0.3) is 0 Å². The summed E-state index contributed by atoms with van der Waals surface area (Å²) in [5.74, 6) is 0.131. The highest BCUT2D eigenvalue weighted by molar-refractivity contribution is 6.33. The van der Waals surface area contributed by atoms with Crippen LogP contribution in [0.2, 0.25) is 5.02 Å². The first-order valence-corrected chi connectivity index (χ1v) is 6.98. The standard InChI is InChI=1S/C15H21ClO2/c1-3-5-8-12(4-2)11-18-15(17)13-9-6-7-10-14(13)16/h6-7,9-10,12H,3-5,8,11H2,1-2H3. The minimum atomic E-state index is -0.324. The van der Waals surface area contributed by atoms with Crippen molar-refractivity contribution in [1.29, 1.82) is 0 Å². The Morgan fingerprint density at radius 3 is 2.67 bits per heavy atom. The topological polar surface area (TPSA) is 26.3 Å². The molecular weight excluding hydrogens is 248 g/mol. The van der Waals surface area contributed by atoms with Crippen molar-refractivity contribution in [3.63, 3.8) is 0 Å². The molecule has 2 nitrogen and oxygen atoms in total. The molecule has 1 atom stereocenters. The summed E-state index contributed by atoms with van der Waals surface area (Å²) >= 11 is 5.95. The average molecular weight is 269 g/mol. The van der Waals surface area contributed by atoms with Crippen molar-refractivity contribution in [2.45, 2.75) is 39.5 Å². The van der Waals surface area contributed by atoms with Gasteiger partial charge in [0.15, 0.2) is 0 Å². The van der Waals surface area contributed by atoms with Crippen molar-refractivity contribution in [3.05, 3.63) is 34.9 Å². The third-order valence-corrected chi connectivity index (χ3v) is 3.42. The van der Waals surface area contributed by atoms with E-state index in [4.69, 9.17) is 16.3 Å². The molecule has 0 amide bonds. The van der Waals surface area contributed by atoms with Crippen molar-refractivity contribution < 1.29 is 9.53 Å². The summed E-state index contributed by atoms with van der Waals surface area (Å²) in [6, 6.07) is 6.98. The van der Waals surface area contributed by atoms with Gasteiger partial charge in [-0.15, -0.1) is 0 Å². The van der Waals surface area contributed by atoms with Crippen LogP contribution in [0.15, 0.2) is 24.3 Å². The zero-order chi connectivity index (χ0) is 13.4. The molecule has 0 aliphatic heterocycles. The first kappa shape index (κ1) is 15.0. The van der Waals surface area contributed by atoms with E-state index in [1.165, 1.54) is 12.8 Å². The monoisotopic (exact) mass is 268 g/mol. The molecule has 1 aromatic carbocycles. The second-order valence-corrected chi connectivity index (χ2v) is 4.90. The van der Waals surface area contributed by atoms with Crippen LogP contribution in [0.3, 0.4) is 0 Å². The van der Waals surface area contributed by atoms with Gasteiger partial charge in [-0.2, -0.15) is 0 Å². The molecule has 0 spiro atoms. The number of halogens is 1. The van der Waals surface area contributed by atoms with Crippen LogP contribution < -0.4 is 0 Å². The molecule has 100 valence electrons. The fraction of sp³-hybridized carbons (Fsp3) is 0.533. The molecule has 1 rings (SSSR count). The highest BCUT2D eigenvalue weighted by Gasteiger charge is 2.13. The van der Waals surface area contributed by atoms with Crippen molar-refractivity contribution in [2.75, 3.05) is 6.61 Å². The van der Waals surface area contributed by atoms with E-state index in [2.05, 4.69) is 13.8 Å². The zero-order valence-corrected chi connectivity index (χ0v) is 11.9. The third-order valence-electron chi connectivity index (χ3n) is 3.09. The summed E-state index contributed by atoms with van der Waals surface area (Å²) in [6.45, 7) is 4.78. The third kappa shape index (κ3) is 4.69. The fourth-order valence-electron chi connectivity index (χ4n) is 1.80. The smallest absolute Gasteiger partial charge is 0.339 e. The van der Waals surface area contributed by atoms with E-state index in [0.717, 1.165) is 12.8 Å². The summed E-state index contributed by atoms with van der Waals surface area (Å²) in [7, 11) is 0. The molecule has 0 bridgehead atoms. The van der Waals surface area contributed by atoms with Crippen molar-refractivity contribution in [2.24, 2.45) is 5.92 Å². The van der Waals surface area contributed by atoms with Gasteiger partial charge in [-0.05, 0) is 24.5 Å². The van der Waals surface area contributed by atoms with E-state index in [1.807, 2.05) is 0 Å². The molecule has 0 saturated carbocycles. The average Bonchev–Trinajstić information content (AvgIpc) is 2.39. The van der Waals surface area contributed by atoms with Gasteiger partial charge in [-0.1, -0.05) is 56.8 Å². The zero-order valence-electron chi connectivity index (χ0n) is 11.1. The summed E-state index contributed by atoms with van der Waals surface area (Å²) in [6.07, 6.45) is 4.51. The van der Waals surface area contributed by atoms with E-state index < -0.39 is 0 Å². The molecule has 18 heavy (non-hydrogen) atoms. The molecule has 0 saturated heterocycles. The highest BCUT2D eigenvalue weighted by Crippen LogP contribution is 2.18. The van der Waals surface area contributed by atoms with E-state index >= 15 is 0 Å². The molecule has 0 aliphatic rings. The van der Waals surface area contributed by atoms with E-state index in [-0.39, 0.29) is 5.97 Å². The molecule has 1 unspecified atom stereocenters. The number of ether oxygens (including phenoxy) is 1. The van der Waals surface area contributed by atoms with Gasteiger partial charge in [0, 0.05) is 0 Å². The van der Waals surface area contributed by atoms with E-state index in [9.17, 15) is 4.79 Å². The number of carbonyl (C=O) groups excluding carboxylic acids is 1. The lowest BCUT2D eigenvalue weighted by molar-refractivity contribution is 0.0428. The Labute approximate surface area is 114 Å². The fourth-order valence-corrected chi connectivity index (χ4v) is 2.01. The van der Waals surface area contributed by atoms with Crippen LogP contribution in [0.5, 0.6) is 0 Å². The summed E-state index contributed by atoms with van der Waals surface area (Å²) in [5.41, 5.74) is 0.449. The lowest BCUT2D eigenvalue weighted by Gasteiger charge is -2.14. The summed E-state index contributed by atoms with van der Waals surface area (Å²) in [4.78, 5) is 11.9. The molecule has 3 heteroatoms. The largest absolute Gasteiger partial charge is 0.462 e. The van der Waals surface area contributed by atoms with Crippen LogP contribution in [0.1, 0.15) is 49.9 Å². The van der Waals surface area contributed by atoms with Crippen molar-refractivity contribution >= 4 is 17.6 Å². The van der Waals surface area contributed by atoms with Crippen molar-refractivity contribution in [1.82, 2.24) is 0 Å². The van der Waals surface area contributed by atoms with E-state index in [1.54, 1.807) is 24.3 Å². The highest BCUT2D eigenvalue weighted by atomic mass is 35.5. The molecule has 0 fully saturated rings. The van der Waals surface area contributed by atoms with Gasteiger partial charge in [-0.25, -0.2) is 4.79 Å². The Kier molecular flexibility index (Phi) is 6.81. The number of esters is 1. The lowest BCUT2D eigenvalue weighted by atomic mass is 10.0. The Bertz CT molecular complexity index is 377. The number of unbranched alkanes of at least 4 members (excludes halogenated alkanes) is 1. The van der Waals surface area contributed by atoms with Crippen LogP contribution in [0.4, 0.5) is 0 Å². The van der Waals surface area contributed by atoms with Crippen molar-refractivity contribution in [3.8, 4) is 0 Å². The van der Waals surface area contributed by atoms with Gasteiger partial charge in [0.2, 0.25) is 0 Å². The Morgan fingerprint density at radius 1 is 1.33 bits per heavy atom. The molecule has 0 N–H and O–H groups in total. The van der Waals surface area contributed by atoms with Crippen LogP contribution in [0, 0.1) is 5.92 Å².